The molecule has 4 aromatic rings. The lowest BCUT2D eigenvalue weighted by molar-refractivity contribution is 0.0950. The number of amides is 2. The maximum absolute atomic E-state index is 12.7. The van der Waals surface area contributed by atoms with Gasteiger partial charge in [-0.25, -0.2) is 0 Å². The first-order valence-electron chi connectivity index (χ1n) is 11.7. The molecule has 4 rings (SSSR count). The summed E-state index contributed by atoms with van der Waals surface area (Å²) in [6, 6.07) is 22.8. The number of carbonyl (C=O) groups is 2. The highest BCUT2D eigenvalue weighted by molar-refractivity contribution is 7.80. The molecule has 0 unspecified atom stereocenters. The van der Waals surface area contributed by atoms with Crippen LogP contribution in [0, 0.1) is 0 Å². The van der Waals surface area contributed by atoms with Gasteiger partial charge in [0.05, 0.1) is 10.0 Å². The fraction of sp³-hybridized carbons (Fsp3) is 0.138. The summed E-state index contributed by atoms with van der Waals surface area (Å²) in [6.07, 6.45) is 0. The Hall–Kier alpha value is -3.65. The van der Waals surface area contributed by atoms with Gasteiger partial charge in [0.25, 0.3) is 11.8 Å². The third kappa shape index (κ3) is 6.61. The molecular formula is C29H25Cl2N3O3S. The fourth-order valence-corrected chi connectivity index (χ4v) is 4.23. The number of anilines is 2. The monoisotopic (exact) mass is 565 g/mol. The molecule has 38 heavy (non-hydrogen) atoms. The Morgan fingerprint density at radius 3 is 2.16 bits per heavy atom. The molecular weight excluding hydrogens is 541 g/mol. The maximum atomic E-state index is 12.7. The molecule has 2 amide bonds. The zero-order valence-electron chi connectivity index (χ0n) is 20.9. The number of halogens is 2. The Kier molecular flexibility index (Phi) is 8.21. The van der Waals surface area contributed by atoms with Crippen molar-refractivity contribution >= 4 is 63.7 Å². The molecule has 0 aliphatic heterocycles. The normalized spacial score (nSPS) is 11.1. The average molecular weight is 567 g/mol. The molecule has 1 heterocycles. The molecule has 0 saturated heterocycles. The third-order valence-corrected chi connectivity index (χ3v) is 6.69. The van der Waals surface area contributed by atoms with Crippen LogP contribution in [0.25, 0.3) is 11.3 Å². The molecule has 6 nitrogen and oxygen atoms in total. The van der Waals surface area contributed by atoms with E-state index in [-0.39, 0.29) is 22.2 Å². The Balaban J connectivity index is 1.37. The first-order chi connectivity index (χ1) is 18.0. The lowest BCUT2D eigenvalue weighted by Gasteiger charge is -2.19. The van der Waals surface area contributed by atoms with Crippen molar-refractivity contribution in [2.75, 3.05) is 10.6 Å². The average Bonchev–Trinajstić information content (AvgIpc) is 3.36. The van der Waals surface area contributed by atoms with Gasteiger partial charge in [0.1, 0.15) is 5.76 Å². The van der Waals surface area contributed by atoms with Crippen LogP contribution in [0.1, 0.15) is 47.2 Å². The number of hydrogen-bond acceptors (Lipinski definition) is 4. The van der Waals surface area contributed by atoms with Crippen molar-refractivity contribution in [2.24, 2.45) is 0 Å². The van der Waals surface area contributed by atoms with E-state index >= 15 is 0 Å². The van der Waals surface area contributed by atoms with Gasteiger partial charge in [-0.05, 0) is 77.8 Å². The zero-order valence-corrected chi connectivity index (χ0v) is 23.2. The van der Waals surface area contributed by atoms with Crippen LogP contribution in [0.2, 0.25) is 10.0 Å². The molecule has 9 heteroatoms. The molecule has 0 saturated carbocycles. The van der Waals surface area contributed by atoms with E-state index in [1.165, 1.54) is 6.07 Å². The maximum Gasteiger partial charge on any atom is 0.293 e. The molecule has 0 radical (unpaired) electrons. The van der Waals surface area contributed by atoms with Crippen LogP contribution in [0.15, 0.2) is 83.3 Å². The van der Waals surface area contributed by atoms with Crippen molar-refractivity contribution in [1.29, 1.82) is 0 Å². The molecule has 0 fully saturated rings. The summed E-state index contributed by atoms with van der Waals surface area (Å²) in [7, 11) is 0. The molecule has 3 aromatic carbocycles. The summed E-state index contributed by atoms with van der Waals surface area (Å²) >= 11 is 17.6. The third-order valence-electron chi connectivity index (χ3n) is 5.67. The van der Waals surface area contributed by atoms with Gasteiger partial charge in [0.15, 0.2) is 10.9 Å². The Bertz CT molecular complexity index is 1510. The van der Waals surface area contributed by atoms with E-state index in [0.717, 1.165) is 5.56 Å². The van der Waals surface area contributed by atoms with Crippen molar-refractivity contribution in [3.63, 3.8) is 0 Å². The number of carbonyl (C=O) groups excluding carboxylic acids is 2. The lowest BCUT2D eigenvalue weighted by atomic mass is 9.87. The van der Waals surface area contributed by atoms with Gasteiger partial charge in [-0.1, -0.05) is 68.2 Å². The van der Waals surface area contributed by atoms with Gasteiger partial charge >= 0.3 is 0 Å². The standard InChI is InChI=1S/C29H25Cl2N3O3S/c1-29(2,3)18-12-10-17(11-13-18)26(35)32-19-6-4-7-20(16-19)33-28(38)34-27(36)24-15-14-23(37-24)21-8-5-9-22(30)25(21)31/h4-16H,1-3H3,(H,32,35)(H2,33,34,36,38). The van der Waals surface area contributed by atoms with Gasteiger partial charge in [-0.3, -0.25) is 14.9 Å². The van der Waals surface area contributed by atoms with Gasteiger partial charge < -0.3 is 15.1 Å². The summed E-state index contributed by atoms with van der Waals surface area (Å²) in [4.78, 5) is 25.4. The fourth-order valence-electron chi connectivity index (χ4n) is 3.63. The number of hydrogen-bond donors (Lipinski definition) is 3. The van der Waals surface area contributed by atoms with E-state index in [4.69, 9.17) is 39.8 Å². The van der Waals surface area contributed by atoms with Crippen LogP contribution >= 0.6 is 35.4 Å². The molecule has 0 aliphatic rings. The Morgan fingerprint density at radius 2 is 1.47 bits per heavy atom. The number of thiocarbonyl (C=S) groups is 1. The number of rotatable bonds is 5. The van der Waals surface area contributed by atoms with Crippen LogP contribution in [0.5, 0.6) is 0 Å². The molecule has 194 valence electrons. The van der Waals surface area contributed by atoms with E-state index < -0.39 is 5.91 Å². The largest absolute Gasteiger partial charge is 0.451 e. The minimum atomic E-state index is -0.532. The lowest BCUT2D eigenvalue weighted by Crippen LogP contribution is -2.33. The summed E-state index contributed by atoms with van der Waals surface area (Å²) in [6.45, 7) is 6.36. The topological polar surface area (TPSA) is 83.4 Å². The van der Waals surface area contributed by atoms with Crippen molar-refractivity contribution in [3.8, 4) is 11.3 Å². The first-order valence-corrected chi connectivity index (χ1v) is 12.9. The second-order valence-corrected chi connectivity index (χ2v) is 10.7. The zero-order chi connectivity index (χ0) is 27.4. The second kappa shape index (κ2) is 11.4. The molecule has 3 N–H and O–H groups in total. The highest BCUT2D eigenvalue weighted by atomic mass is 35.5. The summed E-state index contributed by atoms with van der Waals surface area (Å²) < 4.78 is 5.66. The highest BCUT2D eigenvalue weighted by Gasteiger charge is 2.17. The molecule has 0 spiro atoms. The van der Waals surface area contributed by atoms with Crippen LogP contribution < -0.4 is 16.0 Å². The van der Waals surface area contributed by atoms with Crippen molar-refractivity contribution in [2.45, 2.75) is 26.2 Å². The van der Waals surface area contributed by atoms with Crippen LogP contribution in [-0.2, 0) is 5.41 Å². The van der Waals surface area contributed by atoms with Crippen molar-refractivity contribution < 1.29 is 14.0 Å². The van der Waals surface area contributed by atoms with Crippen molar-refractivity contribution in [3.05, 3.63) is 106 Å². The Labute approximate surface area is 236 Å². The highest BCUT2D eigenvalue weighted by Crippen LogP contribution is 2.34. The smallest absolute Gasteiger partial charge is 0.293 e. The quantitative estimate of drug-likeness (QED) is 0.214. The number of benzene rings is 3. The minimum absolute atomic E-state index is 0.00594. The van der Waals surface area contributed by atoms with Gasteiger partial charge in [-0.2, -0.15) is 0 Å². The Morgan fingerprint density at radius 1 is 0.816 bits per heavy atom. The van der Waals surface area contributed by atoms with E-state index in [0.29, 0.717) is 38.3 Å². The molecule has 0 atom stereocenters. The predicted octanol–water partition coefficient (Wildman–Crippen LogP) is 7.93. The molecule has 0 bridgehead atoms. The van der Waals surface area contributed by atoms with Crippen molar-refractivity contribution in [1.82, 2.24) is 5.32 Å². The second-order valence-electron chi connectivity index (χ2n) is 9.54. The van der Waals surface area contributed by atoms with Crippen LogP contribution in [0.3, 0.4) is 0 Å². The summed E-state index contributed by atoms with van der Waals surface area (Å²) in [5.41, 5.74) is 3.44. The van der Waals surface area contributed by atoms with Crippen LogP contribution in [-0.4, -0.2) is 16.9 Å². The molecule has 0 aliphatic carbocycles. The first kappa shape index (κ1) is 27.4. The van der Waals surface area contributed by atoms with E-state index in [1.54, 1.807) is 48.5 Å². The van der Waals surface area contributed by atoms with E-state index in [1.807, 2.05) is 24.3 Å². The predicted molar refractivity (Wildman–Crippen MR) is 157 cm³/mol. The van der Waals surface area contributed by atoms with Gasteiger partial charge in [-0.15, -0.1) is 0 Å². The van der Waals surface area contributed by atoms with Gasteiger partial charge in [0.2, 0.25) is 0 Å². The van der Waals surface area contributed by atoms with E-state index in [9.17, 15) is 9.59 Å². The molecule has 1 aromatic heterocycles. The number of nitrogens with one attached hydrogen (secondary N) is 3. The summed E-state index contributed by atoms with van der Waals surface area (Å²) in [5.74, 6) is -0.307. The minimum Gasteiger partial charge on any atom is -0.451 e. The number of furan rings is 1. The van der Waals surface area contributed by atoms with Gasteiger partial charge in [0, 0.05) is 22.5 Å². The van der Waals surface area contributed by atoms with E-state index in [2.05, 4.69) is 36.7 Å². The SMILES string of the molecule is CC(C)(C)c1ccc(C(=O)Nc2cccc(NC(=S)NC(=O)c3ccc(-c4cccc(Cl)c4Cl)o3)c2)cc1. The summed E-state index contributed by atoms with van der Waals surface area (Å²) in [5, 5.41) is 9.18. The van der Waals surface area contributed by atoms with Crippen LogP contribution in [0.4, 0.5) is 11.4 Å².